The highest BCUT2D eigenvalue weighted by molar-refractivity contribution is 4.93. The van der Waals surface area contributed by atoms with E-state index in [2.05, 4.69) is 74.4 Å². The Morgan fingerprint density at radius 2 is 0.780 bits per heavy atom. The first-order chi connectivity index (χ1) is 20.3. The first-order valence-corrected chi connectivity index (χ1v) is 18.2. The molecule has 0 aliphatic heterocycles. The van der Waals surface area contributed by atoms with Gasteiger partial charge in [-0.3, -0.25) is 0 Å². The van der Waals surface area contributed by atoms with Gasteiger partial charge in [0.1, 0.15) is 0 Å². The van der Waals surface area contributed by atoms with Crippen LogP contribution in [0, 0.1) is 0 Å². The number of unbranched alkanes of at least 4 members (excludes halogenated alkanes) is 18. The molecule has 0 N–H and O–H groups in total. The summed E-state index contributed by atoms with van der Waals surface area (Å²) in [4.78, 5) is 2.45. The summed E-state index contributed by atoms with van der Waals surface area (Å²) in [6, 6.07) is 0. The third kappa shape index (κ3) is 36.9. The van der Waals surface area contributed by atoms with Gasteiger partial charge in [0.15, 0.2) is 0 Å². The minimum absolute atomic E-state index is 0.888. The molecule has 0 heterocycles. The molecule has 0 radical (unpaired) electrons. The lowest BCUT2D eigenvalue weighted by atomic mass is 10.1. The van der Waals surface area contributed by atoms with Gasteiger partial charge < -0.3 is 9.64 Å². The van der Waals surface area contributed by atoms with Crippen molar-refractivity contribution in [2.45, 2.75) is 168 Å². The molecular formula is C39H73NO. The van der Waals surface area contributed by atoms with Gasteiger partial charge >= 0.3 is 0 Å². The summed E-state index contributed by atoms with van der Waals surface area (Å²) >= 11 is 0. The van der Waals surface area contributed by atoms with Crippen LogP contribution in [-0.4, -0.2) is 38.3 Å². The molecule has 0 saturated carbocycles. The largest absolute Gasteiger partial charge is 0.380 e. The average Bonchev–Trinajstić information content (AvgIpc) is 2.98. The van der Waals surface area contributed by atoms with Crippen LogP contribution >= 0.6 is 0 Å². The van der Waals surface area contributed by atoms with Crippen molar-refractivity contribution in [1.82, 2.24) is 4.90 Å². The Hall–Kier alpha value is -1.12. The summed E-state index contributed by atoms with van der Waals surface area (Å²) in [5.74, 6) is 0. The predicted molar refractivity (Wildman–Crippen MR) is 187 cm³/mol. The van der Waals surface area contributed by atoms with Crippen molar-refractivity contribution < 1.29 is 4.74 Å². The second kappa shape index (κ2) is 36.9. The molecule has 0 aromatic heterocycles. The first-order valence-electron chi connectivity index (χ1n) is 18.2. The maximum atomic E-state index is 5.89. The standard InChI is InChI=1S/C39H73NO/c1-4-6-8-10-12-14-16-18-20-22-24-26-28-30-32-34-36-40(3)37-39-41-38-35-33-31-29-27-25-23-21-19-17-15-13-11-9-7-5-2/h12-15,18-21H,4-11,16-17,22-39H2,1-3H3/b14-12+,15-13-,20-18+,21-19-. The van der Waals surface area contributed by atoms with Crippen molar-refractivity contribution in [2.24, 2.45) is 0 Å². The Morgan fingerprint density at radius 1 is 0.390 bits per heavy atom. The van der Waals surface area contributed by atoms with Crippen LogP contribution in [0.1, 0.15) is 168 Å². The van der Waals surface area contributed by atoms with E-state index in [1.165, 1.54) is 148 Å². The number of allylic oxidation sites excluding steroid dienone is 8. The van der Waals surface area contributed by atoms with E-state index in [1.807, 2.05) is 0 Å². The fraction of sp³-hybridized carbons (Fsp3) is 0.795. The van der Waals surface area contributed by atoms with Crippen molar-refractivity contribution in [2.75, 3.05) is 33.4 Å². The van der Waals surface area contributed by atoms with Gasteiger partial charge in [-0.05, 0) is 90.6 Å². The van der Waals surface area contributed by atoms with Gasteiger partial charge in [-0.15, -0.1) is 0 Å². The Kier molecular flexibility index (Phi) is 35.9. The summed E-state index contributed by atoms with van der Waals surface area (Å²) < 4.78 is 5.89. The molecule has 0 aliphatic rings. The topological polar surface area (TPSA) is 12.5 Å². The minimum Gasteiger partial charge on any atom is -0.380 e. The zero-order valence-electron chi connectivity index (χ0n) is 28.3. The highest BCUT2D eigenvalue weighted by Crippen LogP contribution is 2.10. The SMILES string of the molecule is CCCCC/C=C\C/C=C\CCCCCCCCOCCN(C)CCCCCCCC/C=C/C/C=C/CCCCC. The molecule has 0 aliphatic carbocycles. The molecule has 0 unspecified atom stereocenters. The normalized spacial score (nSPS) is 12.5. The quantitative estimate of drug-likeness (QED) is 0.0573. The predicted octanol–water partition coefficient (Wildman–Crippen LogP) is 12.6. The van der Waals surface area contributed by atoms with Crippen LogP contribution in [-0.2, 0) is 4.74 Å². The van der Waals surface area contributed by atoms with E-state index >= 15 is 0 Å². The average molecular weight is 572 g/mol. The van der Waals surface area contributed by atoms with E-state index in [9.17, 15) is 0 Å². The Balaban J connectivity index is 3.27. The zero-order chi connectivity index (χ0) is 29.7. The number of likely N-dealkylation sites (N-methyl/N-ethyl adjacent to an activating group) is 1. The van der Waals surface area contributed by atoms with Gasteiger partial charge in [-0.25, -0.2) is 0 Å². The van der Waals surface area contributed by atoms with Crippen LogP contribution < -0.4 is 0 Å². The molecule has 0 rings (SSSR count). The van der Waals surface area contributed by atoms with Crippen LogP contribution in [0.5, 0.6) is 0 Å². The zero-order valence-corrected chi connectivity index (χ0v) is 28.3. The third-order valence-electron chi connectivity index (χ3n) is 7.85. The third-order valence-corrected chi connectivity index (χ3v) is 7.85. The van der Waals surface area contributed by atoms with Gasteiger partial charge in [0.2, 0.25) is 0 Å². The van der Waals surface area contributed by atoms with E-state index in [0.717, 1.165) is 32.6 Å². The summed E-state index contributed by atoms with van der Waals surface area (Å²) in [7, 11) is 2.25. The Morgan fingerprint density at radius 3 is 1.24 bits per heavy atom. The molecule has 0 fully saturated rings. The van der Waals surface area contributed by atoms with Crippen LogP contribution in [0.25, 0.3) is 0 Å². The van der Waals surface area contributed by atoms with Gasteiger partial charge in [-0.1, -0.05) is 140 Å². The van der Waals surface area contributed by atoms with Gasteiger partial charge in [0, 0.05) is 13.2 Å². The fourth-order valence-electron chi connectivity index (χ4n) is 5.00. The smallest absolute Gasteiger partial charge is 0.0593 e. The molecule has 0 aromatic rings. The molecule has 0 aromatic carbocycles. The summed E-state index contributed by atoms with van der Waals surface area (Å²) in [6.45, 7) is 8.64. The summed E-state index contributed by atoms with van der Waals surface area (Å²) in [5.41, 5.74) is 0. The number of nitrogens with zero attached hydrogens (tertiary/aromatic N) is 1. The summed E-state index contributed by atoms with van der Waals surface area (Å²) in [5, 5.41) is 0. The maximum Gasteiger partial charge on any atom is 0.0593 e. The first kappa shape index (κ1) is 39.9. The van der Waals surface area contributed by atoms with Crippen molar-refractivity contribution in [3.63, 3.8) is 0 Å². The van der Waals surface area contributed by atoms with Crippen molar-refractivity contribution >= 4 is 0 Å². The Bertz CT molecular complexity index is 590. The molecule has 2 nitrogen and oxygen atoms in total. The van der Waals surface area contributed by atoms with Gasteiger partial charge in [-0.2, -0.15) is 0 Å². The number of hydrogen-bond acceptors (Lipinski definition) is 2. The molecule has 0 amide bonds. The van der Waals surface area contributed by atoms with E-state index in [-0.39, 0.29) is 0 Å². The van der Waals surface area contributed by atoms with Crippen LogP contribution in [0.15, 0.2) is 48.6 Å². The number of ether oxygens (including phenoxy) is 1. The molecular weight excluding hydrogens is 498 g/mol. The monoisotopic (exact) mass is 572 g/mol. The second-order valence-corrected chi connectivity index (χ2v) is 12.1. The van der Waals surface area contributed by atoms with Crippen molar-refractivity contribution in [1.29, 1.82) is 0 Å². The van der Waals surface area contributed by atoms with Crippen molar-refractivity contribution in [3.8, 4) is 0 Å². The lowest BCUT2D eigenvalue weighted by Crippen LogP contribution is -2.24. The Labute approximate surface area is 259 Å². The molecule has 0 atom stereocenters. The molecule has 240 valence electrons. The highest BCUT2D eigenvalue weighted by Gasteiger charge is 1.99. The summed E-state index contributed by atoms with van der Waals surface area (Å²) in [6.07, 6.45) is 50.3. The van der Waals surface area contributed by atoms with E-state index in [0.29, 0.717) is 0 Å². The number of hydrogen-bond donors (Lipinski definition) is 0. The highest BCUT2D eigenvalue weighted by atomic mass is 16.5. The van der Waals surface area contributed by atoms with Crippen LogP contribution in [0.2, 0.25) is 0 Å². The van der Waals surface area contributed by atoms with E-state index in [1.54, 1.807) is 0 Å². The fourth-order valence-corrected chi connectivity index (χ4v) is 5.00. The molecule has 0 spiro atoms. The molecule has 0 bridgehead atoms. The molecule has 2 heteroatoms. The molecule has 0 saturated heterocycles. The minimum atomic E-state index is 0.888. The van der Waals surface area contributed by atoms with Crippen molar-refractivity contribution in [3.05, 3.63) is 48.6 Å². The number of rotatable bonds is 33. The van der Waals surface area contributed by atoms with E-state index in [4.69, 9.17) is 4.74 Å². The van der Waals surface area contributed by atoms with E-state index < -0.39 is 0 Å². The molecule has 41 heavy (non-hydrogen) atoms. The maximum absolute atomic E-state index is 5.89. The van der Waals surface area contributed by atoms with Gasteiger partial charge in [0.25, 0.3) is 0 Å². The van der Waals surface area contributed by atoms with Gasteiger partial charge in [0.05, 0.1) is 6.61 Å². The van der Waals surface area contributed by atoms with Crippen LogP contribution in [0.4, 0.5) is 0 Å². The van der Waals surface area contributed by atoms with Crippen LogP contribution in [0.3, 0.4) is 0 Å². The lowest BCUT2D eigenvalue weighted by Gasteiger charge is -2.16. The lowest BCUT2D eigenvalue weighted by molar-refractivity contribution is 0.107. The second-order valence-electron chi connectivity index (χ2n) is 12.1.